The van der Waals surface area contributed by atoms with Crippen molar-refractivity contribution in [3.8, 4) is 0 Å². The highest BCUT2D eigenvalue weighted by molar-refractivity contribution is 5.94. The van der Waals surface area contributed by atoms with E-state index in [0.717, 1.165) is 18.7 Å². The summed E-state index contributed by atoms with van der Waals surface area (Å²) in [6.07, 6.45) is -0.506. The number of furan rings is 1. The fourth-order valence-electron chi connectivity index (χ4n) is 3.03. The summed E-state index contributed by atoms with van der Waals surface area (Å²) < 4.78 is 10.9. The first-order valence-electron chi connectivity index (χ1n) is 11.1. The molecule has 0 aliphatic heterocycles. The largest absolute Gasteiger partial charge is 0.454 e. The molecule has 3 N–H and O–H groups in total. The molecule has 0 aliphatic carbocycles. The zero-order valence-electron chi connectivity index (χ0n) is 19.9. The molecule has 0 radical (unpaired) electrons. The molecule has 0 spiro atoms. The first-order valence-corrected chi connectivity index (χ1v) is 11.1. The first kappa shape index (κ1) is 25.9. The number of carbonyl (C=O) groups excluding carboxylic acids is 3. The van der Waals surface area contributed by atoms with Crippen LogP contribution in [0.4, 0.5) is 4.79 Å². The Hall–Kier alpha value is -3.33. The molecule has 0 saturated carbocycles. The highest BCUT2D eigenvalue weighted by atomic mass is 16.6. The number of benzene rings is 1. The fourth-order valence-corrected chi connectivity index (χ4v) is 3.03. The summed E-state index contributed by atoms with van der Waals surface area (Å²) in [4.78, 5) is 39.6. The van der Waals surface area contributed by atoms with Crippen molar-refractivity contribution in [2.24, 2.45) is 0 Å². The van der Waals surface area contributed by atoms with E-state index < -0.39 is 29.6 Å². The Labute approximate surface area is 194 Å². The van der Waals surface area contributed by atoms with Crippen molar-refractivity contribution in [1.82, 2.24) is 21.1 Å². The summed E-state index contributed by atoms with van der Waals surface area (Å²) in [6, 6.07) is 11.6. The number of nitrogens with one attached hydrogen (secondary N) is 3. The molecule has 2 aromatic rings. The molecule has 0 fully saturated rings. The maximum Gasteiger partial charge on any atom is 0.408 e. The molecule has 1 aromatic carbocycles. The molecule has 0 saturated heterocycles. The van der Waals surface area contributed by atoms with Crippen LogP contribution in [0.15, 0.2) is 46.9 Å². The Kier molecular flexibility index (Phi) is 9.47. The van der Waals surface area contributed by atoms with Crippen molar-refractivity contribution >= 4 is 17.9 Å². The number of rotatable bonds is 9. The second-order valence-corrected chi connectivity index (χ2v) is 8.56. The molecule has 9 heteroatoms. The smallest absolute Gasteiger partial charge is 0.408 e. The van der Waals surface area contributed by atoms with Crippen LogP contribution in [0.25, 0.3) is 0 Å². The van der Waals surface area contributed by atoms with Gasteiger partial charge in [-0.25, -0.2) is 4.79 Å². The third-order valence-corrected chi connectivity index (χ3v) is 4.75. The van der Waals surface area contributed by atoms with Crippen molar-refractivity contribution < 1.29 is 23.5 Å². The van der Waals surface area contributed by atoms with Gasteiger partial charge in [-0.15, -0.1) is 0 Å². The van der Waals surface area contributed by atoms with Crippen LogP contribution < -0.4 is 16.2 Å². The fraction of sp³-hybridized carbons (Fsp3) is 0.458. The van der Waals surface area contributed by atoms with Crippen molar-refractivity contribution in [2.75, 3.05) is 13.1 Å². The SMILES string of the molecule is CCN(CC)Cc1ccc(C(=O)NNC(=O)C(Cc2ccccc2)NC(=O)OC(C)(C)C)o1. The zero-order chi connectivity index (χ0) is 24.4. The van der Waals surface area contributed by atoms with Crippen molar-refractivity contribution in [3.05, 3.63) is 59.5 Å². The highest BCUT2D eigenvalue weighted by Crippen LogP contribution is 2.11. The van der Waals surface area contributed by atoms with Crippen molar-refractivity contribution in [1.29, 1.82) is 0 Å². The van der Waals surface area contributed by atoms with Crippen LogP contribution >= 0.6 is 0 Å². The van der Waals surface area contributed by atoms with E-state index in [-0.39, 0.29) is 12.2 Å². The monoisotopic (exact) mass is 458 g/mol. The number of carbonyl (C=O) groups is 3. The van der Waals surface area contributed by atoms with E-state index in [4.69, 9.17) is 9.15 Å². The van der Waals surface area contributed by atoms with Gasteiger partial charge >= 0.3 is 12.0 Å². The van der Waals surface area contributed by atoms with Gasteiger partial charge in [0.1, 0.15) is 17.4 Å². The van der Waals surface area contributed by atoms with E-state index >= 15 is 0 Å². The normalized spacial score (nSPS) is 12.2. The predicted molar refractivity (Wildman–Crippen MR) is 124 cm³/mol. The topological polar surface area (TPSA) is 113 Å². The summed E-state index contributed by atoms with van der Waals surface area (Å²) in [5, 5.41) is 2.57. The van der Waals surface area contributed by atoms with Crippen molar-refractivity contribution in [3.63, 3.8) is 0 Å². The maximum absolute atomic E-state index is 12.8. The molecule has 1 aromatic heterocycles. The number of ether oxygens (including phenoxy) is 1. The second-order valence-electron chi connectivity index (χ2n) is 8.56. The molecule has 3 amide bonds. The van der Waals surface area contributed by atoms with Crippen LogP contribution in [0, 0.1) is 0 Å². The lowest BCUT2D eigenvalue weighted by molar-refractivity contribution is -0.124. The van der Waals surface area contributed by atoms with E-state index in [1.807, 2.05) is 44.2 Å². The zero-order valence-corrected chi connectivity index (χ0v) is 19.9. The van der Waals surface area contributed by atoms with E-state index in [9.17, 15) is 14.4 Å². The number of hydrazine groups is 1. The summed E-state index contributed by atoms with van der Waals surface area (Å²) in [5.41, 5.74) is 4.83. The first-order chi connectivity index (χ1) is 15.6. The van der Waals surface area contributed by atoms with Gasteiger partial charge in [-0.3, -0.25) is 25.3 Å². The molecule has 1 heterocycles. The Morgan fingerprint density at radius 1 is 1.00 bits per heavy atom. The molecule has 33 heavy (non-hydrogen) atoms. The van der Waals surface area contributed by atoms with E-state index in [0.29, 0.717) is 12.3 Å². The van der Waals surface area contributed by atoms with Crippen molar-refractivity contribution in [2.45, 2.75) is 59.2 Å². The molecule has 2 rings (SSSR count). The Bertz CT molecular complexity index is 916. The Morgan fingerprint density at radius 2 is 1.67 bits per heavy atom. The molecular weight excluding hydrogens is 424 g/mol. The van der Waals surface area contributed by atoms with Gasteiger partial charge in [0.2, 0.25) is 0 Å². The van der Waals surface area contributed by atoms with Gasteiger partial charge in [0, 0.05) is 6.42 Å². The molecule has 0 bridgehead atoms. The van der Waals surface area contributed by atoms with Gasteiger partial charge < -0.3 is 14.5 Å². The van der Waals surface area contributed by atoms with Crippen LogP contribution in [0.2, 0.25) is 0 Å². The van der Waals surface area contributed by atoms with Gasteiger partial charge in [-0.2, -0.15) is 0 Å². The Morgan fingerprint density at radius 3 is 2.27 bits per heavy atom. The number of hydrogen-bond acceptors (Lipinski definition) is 6. The van der Waals surface area contributed by atoms with Crippen LogP contribution in [0.1, 0.15) is 56.5 Å². The van der Waals surface area contributed by atoms with Crippen LogP contribution in [-0.2, 0) is 22.5 Å². The van der Waals surface area contributed by atoms with Crippen LogP contribution in [-0.4, -0.2) is 47.5 Å². The summed E-state index contributed by atoms with van der Waals surface area (Å²) in [5.74, 6) is -0.446. The lowest BCUT2D eigenvalue weighted by Crippen LogP contribution is -2.53. The summed E-state index contributed by atoms with van der Waals surface area (Å²) in [7, 11) is 0. The standard InChI is InChI=1S/C24H34N4O5/c1-6-28(7-2)16-18-13-14-20(32-18)22(30)27-26-21(29)19(15-17-11-9-8-10-12-17)25-23(31)33-24(3,4)5/h8-14,19H,6-7,15-16H2,1-5H3,(H,25,31)(H,26,29)(H,27,30). The lowest BCUT2D eigenvalue weighted by atomic mass is 10.1. The predicted octanol–water partition coefficient (Wildman–Crippen LogP) is 3.02. The number of alkyl carbamates (subject to hydrolysis) is 1. The maximum atomic E-state index is 12.8. The highest BCUT2D eigenvalue weighted by Gasteiger charge is 2.25. The molecule has 180 valence electrons. The lowest BCUT2D eigenvalue weighted by Gasteiger charge is -2.23. The average molecular weight is 459 g/mol. The van der Waals surface area contributed by atoms with Gasteiger partial charge in [0.05, 0.1) is 6.54 Å². The Balaban J connectivity index is 2.00. The molecular formula is C24H34N4O5. The van der Waals surface area contributed by atoms with E-state index in [2.05, 4.69) is 21.1 Å². The molecule has 0 aliphatic rings. The summed E-state index contributed by atoms with van der Waals surface area (Å²) >= 11 is 0. The number of nitrogens with zero attached hydrogens (tertiary/aromatic N) is 1. The van der Waals surface area contributed by atoms with Crippen LogP contribution in [0.5, 0.6) is 0 Å². The van der Waals surface area contributed by atoms with E-state index in [1.54, 1.807) is 32.9 Å². The quantitative estimate of drug-likeness (QED) is 0.498. The van der Waals surface area contributed by atoms with Gasteiger partial charge in [0.25, 0.3) is 5.91 Å². The molecule has 9 nitrogen and oxygen atoms in total. The molecule has 1 atom stereocenters. The van der Waals surface area contributed by atoms with Crippen LogP contribution in [0.3, 0.4) is 0 Å². The summed E-state index contributed by atoms with van der Waals surface area (Å²) in [6.45, 7) is 11.6. The number of hydrogen-bond donors (Lipinski definition) is 3. The minimum absolute atomic E-state index is 0.0807. The third kappa shape index (κ3) is 8.97. The average Bonchev–Trinajstić information content (AvgIpc) is 3.23. The minimum Gasteiger partial charge on any atom is -0.454 e. The number of amides is 3. The van der Waals surface area contributed by atoms with Gasteiger partial charge in [0.15, 0.2) is 5.76 Å². The minimum atomic E-state index is -0.961. The van der Waals surface area contributed by atoms with E-state index in [1.165, 1.54) is 0 Å². The van der Waals surface area contributed by atoms with Gasteiger partial charge in [-0.05, 0) is 51.6 Å². The third-order valence-electron chi connectivity index (χ3n) is 4.75. The molecule has 1 unspecified atom stereocenters. The van der Waals surface area contributed by atoms with Gasteiger partial charge in [-0.1, -0.05) is 44.2 Å². The second kappa shape index (κ2) is 12.1.